The van der Waals surface area contributed by atoms with E-state index in [4.69, 9.17) is 17.3 Å². The Labute approximate surface area is 127 Å². The Balaban J connectivity index is 2.18. The molecule has 20 heavy (non-hydrogen) atoms. The minimum Gasteiger partial charge on any atom is -0.326 e. The lowest BCUT2D eigenvalue weighted by molar-refractivity contribution is 0.468. The van der Waals surface area contributed by atoms with Gasteiger partial charge >= 0.3 is 0 Å². The summed E-state index contributed by atoms with van der Waals surface area (Å²) in [5.41, 5.74) is 6.40. The Morgan fingerprint density at radius 2 is 1.85 bits per heavy atom. The van der Waals surface area contributed by atoms with E-state index in [9.17, 15) is 8.42 Å². The van der Waals surface area contributed by atoms with Crippen molar-refractivity contribution in [3.63, 3.8) is 0 Å². The van der Waals surface area contributed by atoms with E-state index in [-0.39, 0.29) is 0 Å². The highest BCUT2D eigenvalue weighted by molar-refractivity contribution is 7.91. The van der Waals surface area contributed by atoms with Crippen LogP contribution in [0.15, 0.2) is 40.6 Å². The highest BCUT2D eigenvalue weighted by atomic mass is 35.5. The molecule has 1 aromatic carbocycles. The first-order chi connectivity index (χ1) is 9.43. The lowest BCUT2D eigenvalue weighted by atomic mass is 10.2. The second-order valence-corrected chi connectivity index (χ2v) is 8.19. The molecule has 0 atom stereocenters. The fourth-order valence-corrected chi connectivity index (χ4v) is 4.42. The molecule has 0 aliphatic carbocycles. The zero-order valence-electron chi connectivity index (χ0n) is 10.9. The van der Waals surface area contributed by atoms with E-state index in [2.05, 4.69) is 0 Å². The molecule has 1 aromatic heterocycles. The molecule has 4 nitrogen and oxygen atoms in total. The molecular weight excluding hydrogens is 316 g/mol. The van der Waals surface area contributed by atoms with Crippen molar-refractivity contribution in [1.29, 1.82) is 0 Å². The van der Waals surface area contributed by atoms with E-state index < -0.39 is 10.0 Å². The molecule has 0 bridgehead atoms. The van der Waals surface area contributed by atoms with Crippen LogP contribution in [0.3, 0.4) is 0 Å². The van der Waals surface area contributed by atoms with Gasteiger partial charge in [-0.3, -0.25) is 0 Å². The summed E-state index contributed by atoms with van der Waals surface area (Å²) < 4.78 is 26.4. The number of hydrogen-bond acceptors (Lipinski definition) is 4. The van der Waals surface area contributed by atoms with Crippen LogP contribution in [0.5, 0.6) is 0 Å². The Bertz CT molecular complexity index is 681. The van der Waals surface area contributed by atoms with Crippen LogP contribution in [0, 0.1) is 0 Å². The van der Waals surface area contributed by atoms with Crippen LogP contribution in [-0.4, -0.2) is 19.8 Å². The fraction of sp³-hybridized carbons (Fsp3) is 0.231. The maximum Gasteiger partial charge on any atom is 0.252 e. The standard InChI is InChI=1S/C13H15ClN2O2S2/c1-16(9-10-2-4-11(14)5-3-10)20(17,18)13-7-6-12(8-15)19-13/h2-7H,8-9,15H2,1H3. The molecule has 1 heterocycles. The molecule has 0 saturated heterocycles. The summed E-state index contributed by atoms with van der Waals surface area (Å²) in [5.74, 6) is 0. The molecule has 0 radical (unpaired) electrons. The minimum absolute atomic E-state index is 0.301. The number of thiophene rings is 1. The molecule has 0 fully saturated rings. The highest BCUT2D eigenvalue weighted by Gasteiger charge is 2.22. The molecule has 0 unspecified atom stereocenters. The van der Waals surface area contributed by atoms with E-state index in [1.807, 2.05) is 12.1 Å². The monoisotopic (exact) mass is 330 g/mol. The smallest absolute Gasteiger partial charge is 0.252 e. The largest absolute Gasteiger partial charge is 0.326 e. The van der Waals surface area contributed by atoms with Gasteiger partial charge in [-0.1, -0.05) is 23.7 Å². The van der Waals surface area contributed by atoms with E-state index in [1.165, 1.54) is 15.6 Å². The van der Waals surface area contributed by atoms with Gasteiger partial charge in [-0.25, -0.2) is 8.42 Å². The molecule has 2 aromatic rings. The number of nitrogens with zero attached hydrogens (tertiary/aromatic N) is 1. The van der Waals surface area contributed by atoms with Crippen molar-refractivity contribution in [1.82, 2.24) is 4.31 Å². The molecule has 7 heteroatoms. The Morgan fingerprint density at radius 1 is 1.20 bits per heavy atom. The number of halogens is 1. The van der Waals surface area contributed by atoms with Gasteiger partial charge in [0, 0.05) is 30.0 Å². The third kappa shape index (κ3) is 3.39. The number of sulfonamides is 1. The van der Waals surface area contributed by atoms with Gasteiger partial charge in [0.25, 0.3) is 10.0 Å². The van der Waals surface area contributed by atoms with Gasteiger partial charge < -0.3 is 5.73 Å². The molecule has 0 spiro atoms. The number of nitrogens with two attached hydrogens (primary N) is 1. The quantitative estimate of drug-likeness (QED) is 0.916. The van der Waals surface area contributed by atoms with Crippen LogP contribution in [0.2, 0.25) is 5.02 Å². The third-order valence-corrected chi connectivity index (χ3v) is 6.45. The van der Waals surface area contributed by atoms with Gasteiger partial charge in [0.2, 0.25) is 0 Å². The van der Waals surface area contributed by atoms with Crippen LogP contribution in [0.4, 0.5) is 0 Å². The van der Waals surface area contributed by atoms with E-state index in [0.29, 0.717) is 22.3 Å². The maximum absolute atomic E-state index is 12.4. The Morgan fingerprint density at radius 3 is 2.40 bits per heavy atom. The highest BCUT2D eigenvalue weighted by Crippen LogP contribution is 2.25. The molecule has 0 amide bonds. The van der Waals surface area contributed by atoms with E-state index in [0.717, 1.165) is 10.4 Å². The van der Waals surface area contributed by atoms with Crippen LogP contribution in [0.1, 0.15) is 10.4 Å². The van der Waals surface area contributed by atoms with E-state index >= 15 is 0 Å². The molecule has 0 aliphatic rings. The summed E-state index contributed by atoms with van der Waals surface area (Å²) in [7, 11) is -1.91. The first-order valence-corrected chi connectivity index (χ1v) is 8.56. The third-order valence-electron chi connectivity index (χ3n) is 2.82. The molecular formula is C13H15ClN2O2S2. The maximum atomic E-state index is 12.4. The summed E-state index contributed by atoms with van der Waals surface area (Å²) in [5, 5.41) is 0.630. The summed E-state index contributed by atoms with van der Waals surface area (Å²) in [6, 6.07) is 10.5. The van der Waals surface area contributed by atoms with Crippen molar-refractivity contribution in [2.45, 2.75) is 17.3 Å². The summed E-state index contributed by atoms with van der Waals surface area (Å²) in [6.07, 6.45) is 0. The summed E-state index contributed by atoms with van der Waals surface area (Å²) in [4.78, 5) is 0.850. The van der Waals surface area contributed by atoms with Crippen molar-refractivity contribution in [2.75, 3.05) is 7.05 Å². The summed E-state index contributed by atoms with van der Waals surface area (Å²) in [6.45, 7) is 0.649. The van der Waals surface area contributed by atoms with Crippen molar-refractivity contribution >= 4 is 33.0 Å². The molecule has 0 saturated carbocycles. The van der Waals surface area contributed by atoms with Gasteiger partial charge in [-0.05, 0) is 29.8 Å². The second kappa shape index (κ2) is 6.24. The van der Waals surface area contributed by atoms with Crippen molar-refractivity contribution in [3.8, 4) is 0 Å². The van der Waals surface area contributed by atoms with Crippen molar-refractivity contribution < 1.29 is 8.42 Å². The van der Waals surface area contributed by atoms with Crippen LogP contribution in [0.25, 0.3) is 0 Å². The Hall–Kier alpha value is -0.920. The minimum atomic E-state index is -3.47. The first-order valence-electron chi connectivity index (χ1n) is 5.93. The second-order valence-electron chi connectivity index (χ2n) is 4.31. The Kier molecular flexibility index (Phi) is 4.82. The summed E-state index contributed by atoms with van der Waals surface area (Å²) >= 11 is 7.02. The molecule has 2 rings (SSSR count). The first kappa shape index (κ1) is 15.5. The van der Waals surface area contributed by atoms with Gasteiger partial charge in [0.05, 0.1) is 0 Å². The average Bonchev–Trinajstić information content (AvgIpc) is 2.90. The zero-order chi connectivity index (χ0) is 14.8. The number of hydrogen-bond donors (Lipinski definition) is 1. The van der Waals surface area contributed by atoms with Gasteiger partial charge in [-0.15, -0.1) is 11.3 Å². The van der Waals surface area contributed by atoms with Gasteiger partial charge in [-0.2, -0.15) is 4.31 Å². The number of rotatable bonds is 5. The average molecular weight is 331 g/mol. The topological polar surface area (TPSA) is 63.4 Å². The molecule has 0 aliphatic heterocycles. The lowest BCUT2D eigenvalue weighted by Gasteiger charge is -2.16. The normalized spacial score (nSPS) is 12.0. The van der Waals surface area contributed by atoms with Crippen LogP contribution < -0.4 is 5.73 Å². The van der Waals surface area contributed by atoms with Gasteiger partial charge in [0.1, 0.15) is 4.21 Å². The van der Waals surface area contributed by atoms with Crippen molar-refractivity contribution in [3.05, 3.63) is 51.9 Å². The van der Waals surface area contributed by atoms with Crippen LogP contribution in [-0.2, 0) is 23.1 Å². The fourth-order valence-electron chi connectivity index (χ4n) is 1.69. The van der Waals surface area contributed by atoms with Crippen molar-refractivity contribution in [2.24, 2.45) is 5.73 Å². The predicted octanol–water partition coefficient (Wildman–Crippen LogP) is 2.68. The van der Waals surface area contributed by atoms with Crippen LogP contribution >= 0.6 is 22.9 Å². The molecule has 108 valence electrons. The SMILES string of the molecule is CN(Cc1ccc(Cl)cc1)S(=O)(=O)c1ccc(CN)s1. The predicted molar refractivity (Wildman–Crippen MR) is 82.3 cm³/mol. The lowest BCUT2D eigenvalue weighted by Crippen LogP contribution is -2.25. The van der Waals surface area contributed by atoms with E-state index in [1.54, 1.807) is 31.3 Å². The van der Waals surface area contributed by atoms with Gasteiger partial charge in [0.15, 0.2) is 0 Å². The zero-order valence-corrected chi connectivity index (χ0v) is 13.3. The number of benzene rings is 1. The molecule has 2 N–H and O–H groups in total.